The first-order chi connectivity index (χ1) is 16.0. The van der Waals surface area contributed by atoms with Crippen molar-refractivity contribution in [2.24, 2.45) is 11.8 Å². The van der Waals surface area contributed by atoms with Gasteiger partial charge in [0.1, 0.15) is 0 Å². The Morgan fingerprint density at radius 2 is 1.85 bits per heavy atom. The Labute approximate surface area is 208 Å². The summed E-state index contributed by atoms with van der Waals surface area (Å²) < 4.78 is 31.2. The highest BCUT2D eigenvalue weighted by Crippen LogP contribution is 2.45. The van der Waals surface area contributed by atoms with Crippen molar-refractivity contribution in [3.63, 3.8) is 0 Å². The summed E-state index contributed by atoms with van der Waals surface area (Å²) in [7, 11) is -1.85. The lowest BCUT2D eigenvalue weighted by atomic mass is 9.90. The normalized spacial score (nSPS) is 32.9. The molecule has 0 radical (unpaired) electrons. The Bertz CT molecular complexity index is 640. The number of fused-ring (bicyclic) bond motifs is 1. The molecule has 34 heavy (non-hydrogen) atoms. The third-order valence-electron chi connectivity index (χ3n) is 8.35. The van der Waals surface area contributed by atoms with E-state index in [1.807, 2.05) is 13.8 Å². The van der Waals surface area contributed by atoms with Gasteiger partial charge in [-0.3, -0.25) is 4.79 Å². The molecule has 6 nitrogen and oxygen atoms in total. The van der Waals surface area contributed by atoms with Gasteiger partial charge in [0.25, 0.3) is 0 Å². The highest BCUT2D eigenvalue weighted by atomic mass is 28.4. The summed E-state index contributed by atoms with van der Waals surface area (Å²) in [5.41, 5.74) is 0. The van der Waals surface area contributed by atoms with Gasteiger partial charge in [0.15, 0.2) is 14.6 Å². The van der Waals surface area contributed by atoms with Gasteiger partial charge in [0, 0.05) is 32.0 Å². The van der Waals surface area contributed by atoms with Crippen molar-refractivity contribution in [1.82, 2.24) is 0 Å². The number of ether oxygens (including phenoxy) is 4. The molecular formula is C27H50O6Si. The van der Waals surface area contributed by atoms with Crippen LogP contribution in [-0.2, 0) is 28.2 Å². The molecule has 1 saturated carbocycles. The zero-order chi connectivity index (χ0) is 24.9. The maximum absolute atomic E-state index is 12.1. The standard InChI is InChI=1S/C27H50O6Si/c1-19(2)31-25(28)15-14-20-11-10-12-21-22(18-30-34(6,7)27(3,4)5)24(17-23(21)32-20)33-26-13-8-9-16-29-26/h19-24,26H,8-18H2,1-7H3/t20-,21-,22-,23+,24-,26?/m1/s1. The van der Waals surface area contributed by atoms with E-state index < -0.39 is 8.32 Å². The molecule has 0 aromatic carbocycles. The molecule has 3 fully saturated rings. The summed E-state index contributed by atoms with van der Waals surface area (Å²) >= 11 is 0. The van der Waals surface area contributed by atoms with E-state index in [0.29, 0.717) is 18.3 Å². The fraction of sp³-hybridized carbons (Fsp3) is 0.963. The van der Waals surface area contributed by atoms with Crippen molar-refractivity contribution in [3.8, 4) is 0 Å². The molecule has 1 aliphatic carbocycles. The third-order valence-corrected chi connectivity index (χ3v) is 12.8. The van der Waals surface area contributed by atoms with Crippen LogP contribution < -0.4 is 0 Å². The molecule has 0 N–H and O–H groups in total. The van der Waals surface area contributed by atoms with Crippen LogP contribution in [0.3, 0.4) is 0 Å². The van der Waals surface area contributed by atoms with Crippen LogP contribution in [0.2, 0.25) is 18.1 Å². The first-order valence-electron chi connectivity index (χ1n) is 13.7. The molecule has 0 bridgehead atoms. The average molecular weight is 499 g/mol. The first-order valence-corrected chi connectivity index (χ1v) is 16.6. The predicted molar refractivity (Wildman–Crippen MR) is 136 cm³/mol. The molecule has 0 aromatic heterocycles. The Balaban J connectivity index is 1.65. The monoisotopic (exact) mass is 498 g/mol. The topological polar surface area (TPSA) is 63.2 Å². The SMILES string of the molecule is CC(C)OC(=O)CC[C@H]1CCC[C@@H]2[C@@H](CO[Si](C)(C)C(C)(C)C)[C@H](OC3CCCCO3)C[C@@H]2O1. The van der Waals surface area contributed by atoms with Crippen LogP contribution in [0.25, 0.3) is 0 Å². The number of hydrogen-bond acceptors (Lipinski definition) is 6. The largest absolute Gasteiger partial charge is 0.463 e. The number of hydrogen-bond donors (Lipinski definition) is 0. The van der Waals surface area contributed by atoms with Crippen LogP contribution in [0.15, 0.2) is 0 Å². The Kier molecular flexibility index (Phi) is 10.1. The molecule has 3 aliphatic rings. The lowest BCUT2D eigenvalue weighted by Gasteiger charge is -2.38. The Morgan fingerprint density at radius 3 is 2.50 bits per heavy atom. The molecule has 7 heteroatoms. The molecule has 198 valence electrons. The minimum absolute atomic E-state index is 0.0664. The fourth-order valence-electron chi connectivity index (χ4n) is 5.32. The quantitative estimate of drug-likeness (QED) is 0.277. The van der Waals surface area contributed by atoms with Gasteiger partial charge in [-0.05, 0) is 76.4 Å². The second kappa shape index (κ2) is 12.2. The van der Waals surface area contributed by atoms with Crippen LogP contribution in [0, 0.1) is 11.8 Å². The second-order valence-corrected chi connectivity index (χ2v) is 17.2. The summed E-state index contributed by atoms with van der Waals surface area (Å²) in [6, 6.07) is 0. The summed E-state index contributed by atoms with van der Waals surface area (Å²) in [6.07, 6.45) is 8.79. The zero-order valence-electron chi connectivity index (χ0n) is 22.8. The van der Waals surface area contributed by atoms with Crippen molar-refractivity contribution in [1.29, 1.82) is 0 Å². The summed E-state index contributed by atoms with van der Waals surface area (Å²) in [5.74, 6) is 0.641. The lowest BCUT2D eigenvalue weighted by molar-refractivity contribution is -0.198. The molecule has 0 aromatic rings. The van der Waals surface area contributed by atoms with Crippen molar-refractivity contribution in [2.45, 2.75) is 141 Å². The molecule has 3 rings (SSSR count). The summed E-state index contributed by atoms with van der Waals surface area (Å²) in [6.45, 7) is 16.9. The van der Waals surface area contributed by atoms with Crippen LogP contribution in [-0.4, -0.2) is 58.2 Å². The van der Waals surface area contributed by atoms with E-state index in [1.165, 1.54) is 6.42 Å². The van der Waals surface area contributed by atoms with Crippen LogP contribution in [0.4, 0.5) is 0 Å². The fourth-order valence-corrected chi connectivity index (χ4v) is 6.36. The molecule has 1 unspecified atom stereocenters. The van der Waals surface area contributed by atoms with Crippen LogP contribution in [0.1, 0.15) is 92.4 Å². The number of esters is 1. The van der Waals surface area contributed by atoms with E-state index >= 15 is 0 Å². The Hall–Kier alpha value is -0.473. The summed E-state index contributed by atoms with van der Waals surface area (Å²) in [4.78, 5) is 12.1. The van der Waals surface area contributed by atoms with E-state index in [0.717, 1.165) is 58.2 Å². The zero-order valence-corrected chi connectivity index (χ0v) is 23.8. The van der Waals surface area contributed by atoms with E-state index in [9.17, 15) is 4.79 Å². The van der Waals surface area contributed by atoms with Crippen LogP contribution in [0.5, 0.6) is 0 Å². The van der Waals surface area contributed by atoms with Gasteiger partial charge in [-0.15, -0.1) is 0 Å². The van der Waals surface area contributed by atoms with E-state index in [4.69, 9.17) is 23.4 Å². The average Bonchev–Trinajstić information content (AvgIpc) is 2.92. The highest BCUT2D eigenvalue weighted by molar-refractivity contribution is 6.74. The molecule has 2 heterocycles. The minimum Gasteiger partial charge on any atom is -0.463 e. The minimum atomic E-state index is -1.85. The smallest absolute Gasteiger partial charge is 0.306 e. The maximum atomic E-state index is 12.1. The van der Waals surface area contributed by atoms with Gasteiger partial charge in [-0.25, -0.2) is 0 Å². The van der Waals surface area contributed by atoms with Crippen molar-refractivity contribution >= 4 is 14.3 Å². The highest BCUT2D eigenvalue weighted by Gasteiger charge is 2.48. The third kappa shape index (κ3) is 7.76. The van der Waals surface area contributed by atoms with E-state index in [1.54, 1.807) is 0 Å². The predicted octanol–water partition coefficient (Wildman–Crippen LogP) is 6.23. The maximum Gasteiger partial charge on any atom is 0.306 e. The van der Waals surface area contributed by atoms with E-state index in [2.05, 4.69) is 33.9 Å². The molecule has 2 aliphatic heterocycles. The van der Waals surface area contributed by atoms with Crippen molar-refractivity contribution in [3.05, 3.63) is 0 Å². The Morgan fingerprint density at radius 1 is 1.09 bits per heavy atom. The van der Waals surface area contributed by atoms with Gasteiger partial charge >= 0.3 is 5.97 Å². The lowest BCUT2D eigenvalue weighted by Crippen LogP contribution is -2.44. The second-order valence-electron chi connectivity index (χ2n) is 12.4. The van der Waals surface area contributed by atoms with E-state index in [-0.39, 0.29) is 41.7 Å². The van der Waals surface area contributed by atoms with Crippen molar-refractivity contribution < 1.29 is 28.2 Å². The van der Waals surface area contributed by atoms with Gasteiger partial charge < -0.3 is 23.4 Å². The molecular weight excluding hydrogens is 448 g/mol. The van der Waals surface area contributed by atoms with Gasteiger partial charge in [0.05, 0.1) is 24.4 Å². The summed E-state index contributed by atoms with van der Waals surface area (Å²) in [5, 5.41) is 0.184. The molecule has 0 amide bonds. The number of carbonyl (C=O) groups is 1. The van der Waals surface area contributed by atoms with Crippen molar-refractivity contribution in [2.75, 3.05) is 13.2 Å². The van der Waals surface area contributed by atoms with Crippen LogP contribution >= 0.6 is 0 Å². The number of rotatable bonds is 9. The number of carbonyl (C=O) groups excluding carboxylic acids is 1. The van der Waals surface area contributed by atoms with Gasteiger partial charge in [0.2, 0.25) is 0 Å². The van der Waals surface area contributed by atoms with Gasteiger partial charge in [-0.1, -0.05) is 27.2 Å². The molecule has 6 atom stereocenters. The molecule has 0 spiro atoms. The molecule has 2 saturated heterocycles. The van der Waals surface area contributed by atoms with Gasteiger partial charge in [-0.2, -0.15) is 0 Å². The first kappa shape index (κ1) is 28.1.